The molecule has 1 N–H and O–H groups in total. The van der Waals surface area contributed by atoms with Crippen LogP contribution in [0.3, 0.4) is 0 Å². The molecule has 0 saturated heterocycles. The Bertz CT molecular complexity index is 334. The fourth-order valence-corrected chi connectivity index (χ4v) is 1.41. The third-order valence-corrected chi connectivity index (χ3v) is 2.84. The minimum Gasteiger partial charge on any atom is -0.390 e. The highest BCUT2D eigenvalue weighted by Gasteiger charge is 2.29. The van der Waals surface area contributed by atoms with Crippen LogP contribution >= 0.6 is 0 Å². The van der Waals surface area contributed by atoms with Crippen LogP contribution in [0.15, 0.2) is 6.33 Å². The number of aliphatic hydroxyl groups excluding tert-OH is 1. The van der Waals surface area contributed by atoms with E-state index >= 15 is 0 Å². The molecular formula is C11H21N3O2. The number of aromatic nitrogens is 3. The van der Waals surface area contributed by atoms with Crippen molar-refractivity contribution in [1.29, 1.82) is 0 Å². The first-order chi connectivity index (χ1) is 7.38. The highest BCUT2D eigenvalue weighted by molar-refractivity contribution is 4.93. The third kappa shape index (κ3) is 2.80. The van der Waals surface area contributed by atoms with E-state index in [1.165, 1.54) is 6.33 Å². The van der Waals surface area contributed by atoms with Crippen molar-refractivity contribution in [2.45, 2.75) is 51.9 Å². The molecule has 1 heterocycles. The van der Waals surface area contributed by atoms with Crippen LogP contribution in [-0.4, -0.2) is 38.7 Å². The molecule has 0 spiro atoms. The quantitative estimate of drug-likeness (QED) is 0.820. The van der Waals surface area contributed by atoms with Gasteiger partial charge in [-0.1, -0.05) is 0 Å². The monoisotopic (exact) mass is 227 g/mol. The Balaban J connectivity index is 2.77. The first-order valence-electron chi connectivity index (χ1n) is 5.50. The van der Waals surface area contributed by atoms with E-state index in [1.54, 1.807) is 7.11 Å². The smallest absolute Gasteiger partial charge is 0.138 e. The van der Waals surface area contributed by atoms with Crippen molar-refractivity contribution in [3.63, 3.8) is 0 Å². The minimum atomic E-state index is -0.598. The summed E-state index contributed by atoms with van der Waals surface area (Å²) in [7, 11) is 1.59. The van der Waals surface area contributed by atoms with Gasteiger partial charge >= 0.3 is 0 Å². The molecule has 1 aromatic heterocycles. The number of methoxy groups -OCH3 is 1. The molecule has 5 heteroatoms. The van der Waals surface area contributed by atoms with E-state index in [1.807, 2.05) is 32.4 Å². The van der Waals surface area contributed by atoms with Gasteiger partial charge in [0.1, 0.15) is 12.2 Å². The first-order valence-corrected chi connectivity index (χ1v) is 5.50. The molecule has 92 valence electrons. The lowest BCUT2D eigenvalue weighted by atomic mass is 9.98. The van der Waals surface area contributed by atoms with Crippen LogP contribution in [0.25, 0.3) is 0 Å². The van der Waals surface area contributed by atoms with E-state index < -0.39 is 11.7 Å². The normalized spacial score (nSPS) is 14.4. The van der Waals surface area contributed by atoms with Gasteiger partial charge in [-0.3, -0.25) is 0 Å². The molecule has 0 bridgehead atoms. The maximum absolute atomic E-state index is 10.0. The Labute approximate surface area is 96.5 Å². The predicted octanol–water partition coefficient (Wildman–Crippen LogP) is 1.19. The molecule has 5 nitrogen and oxygen atoms in total. The number of ether oxygens (including phenoxy) is 1. The molecule has 0 radical (unpaired) electrons. The molecule has 1 atom stereocenters. The second kappa shape index (κ2) is 4.93. The number of nitrogens with zero attached hydrogens (tertiary/aromatic N) is 3. The molecule has 0 amide bonds. The standard InChI is InChI=1S/C11H21N3O2/c1-8(2)14-10(12-7-13-14)6-9(15)11(3,4)16-5/h7-9,15H,6H2,1-5H3. The Kier molecular flexibility index (Phi) is 4.04. The van der Waals surface area contributed by atoms with E-state index in [2.05, 4.69) is 10.1 Å². The van der Waals surface area contributed by atoms with Crippen LogP contribution in [0.4, 0.5) is 0 Å². The lowest BCUT2D eigenvalue weighted by Crippen LogP contribution is -2.40. The Hall–Kier alpha value is -0.940. The maximum Gasteiger partial charge on any atom is 0.138 e. The Morgan fingerprint density at radius 3 is 2.62 bits per heavy atom. The van der Waals surface area contributed by atoms with Gasteiger partial charge in [-0.2, -0.15) is 5.10 Å². The van der Waals surface area contributed by atoms with Gasteiger partial charge in [0.05, 0.1) is 11.7 Å². The average Bonchev–Trinajstić information content (AvgIpc) is 2.65. The summed E-state index contributed by atoms with van der Waals surface area (Å²) in [6, 6.07) is 0.246. The van der Waals surface area contributed by atoms with Gasteiger partial charge in [0.15, 0.2) is 0 Å². The van der Waals surface area contributed by atoms with Crippen LogP contribution in [0, 0.1) is 0 Å². The number of aliphatic hydroxyl groups is 1. The second-order valence-corrected chi connectivity index (χ2v) is 4.74. The summed E-state index contributed by atoms with van der Waals surface area (Å²) in [5, 5.41) is 14.2. The summed E-state index contributed by atoms with van der Waals surface area (Å²) in [6.07, 6.45) is 1.36. The van der Waals surface area contributed by atoms with Crippen molar-refractivity contribution in [2.75, 3.05) is 7.11 Å². The second-order valence-electron chi connectivity index (χ2n) is 4.74. The molecule has 0 aromatic carbocycles. The van der Waals surface area contributed by atoms with Crippen molar-refractivity contribution >= 4 is 0 Å². The molecule has 16 heavy (non-hydrogen) atoms. The van der Waals surface area contributed by atoms with E-state index in [0.29, 0.717) is 6.42 Å². The summed E-state index contributed by atoms with van der Waals surface area (Å²) in [4.78, 5) is 4.16. The minimum absolute atomic E-state index is 0.246. The van der Waals surface area contributed by atoms with E-state index in [9.17, 15) is 5.11 Å². The maximum atomic E-state index is 10.0. The van der Waals surface area contributed by atoms with Crippen molar-refractivity contribution in [3.05, 3.63) is 12.2 Å². The highest BCUT2D eigenvalue weighted by atomic mass is 16.5. The van der Waals surface area contributed by atoms with Crippen LogP contribution in [0.5, 0.6) is 0 Å². The summed E-state index contributed by atoms with van der Waals surface area (Å²) in [6.45, 7) is 7.78. The van der Waals surface area contributed by atoms with Crippen LogP contribution in [0.1, 0.15) is 39.6 Å². The van der Waals surface area contributed by atoms with Gasteiger partial charge in [-0.15, -0.1) is 0 Å². The van der Waals surface area contributed by atoms with Gasteiger partial charge in [0.25, 0.3) is 0 Å². The highest BCUT2D eigenvalue weighted by Crippen LogP contribution is 2.18. The van der Waals surface area contributed by atoms with Crippen molar-refractivity contribution < 1.29 is 9.84 Å². The van der Waals surface area contributed by atoms with Crippen molar-refractivity contribution in [2.24, 2.45) is 0 Å². The van der Waals surface area contributed by atoms with Crippen molar-refractivity contribution in [3.8, 4) is 0 Å². The van der Waals surface area contributed by atoms with Gasteiger partial charge in [0, 0.05) is 19.6 Å². The molecule has 0 saturated carbocycles. The van der Waals surface area contributed by atoms with Gasteiger partial charge < -0.3 is 9.84 Å². The lowest BCUT2D eigenvalue weighted by molar-refractivity contribution is -0.0775. The van der Waals surface area contributed by atoms with Crippen LogP contribution < -0.4 is 0 Å². The largest absolute Gasteiger partial charge is 0.390 e. The zero-order valence-corrected chi connectivity index (χ0v) is 10.6. The van der Waals surface area contributed by atoms with Crippen LogP contribution in [0.2, 0.25) is 0 Å². The number of hydrogen-bond acceptors (Lipinski definition) is 4. The van der Waals surface area contributed by atoms with Gasteiger partial charge in [-0.05, 0) is 27.7 Å². The number of rotatable bonds is 5. The molecule has 1 aromatic rings. The molecule has 1 rings (SSSR count). The zero-order chi connectivity index (χ0) is 12.3. The average molecular weight is 227 g/mol. The molecule has 0 aliphatic heterocycles. The molecule has 0 aliphatic carbocycles. The molecule has 0 fully saturated rings. The molecule has 0 aliphatic rings. The summed E-state index contributed by atoms with van der Waals surface area (Å²) in [5.41, 5.74) is -0.576. The van der Waals surface area contributed by atoms with Crippen molar-refractivity contribution in [1.82, 2.24) is 14.8 Å². The van der Waals surface area contributed by atoms with E-state index in [0.717, 1.165) is 5.82 Å². The molecule has 1 unspecified atom stereocenters. The molecular weight excluding hydrogens is 206 g/mol. The zero-order valence-electron chi connectivity index (χ0n) is 10.6. The van der Waals surface area contributed by atoms with E-state index in [4.69, 9.17) is 4.74 Å². The first kappa shape index (κ1) is 13.1. The number of hydrogen-bond donors (Lipinski definition) is 1. The SMILES string of the molecule is COC(C)(C)C(O)Cc1ncnn1C(C)C. The van der Waals surface area contributed by atoms with Gasteiger partial charge in [0.2, 0.25) is 0 Å². The fourth-order valence-electron chi connectivity index (χ4n) is 1.41. The summed E-state index contributed by atoms with van der Waals surface area (Å²) in [5.74, 6) is 0.785. The Morgan fingerprint density at radius 2 is 2.12 bits per heavy atom. The van der Waals surface area contributed by atoms with E-state index in [-0.39, 0.29) is 6.04 Å². The topological polar surface area (TPSA) is 60.2 Å². The lowest BCUT2D eigenvalue weighted by Gasteiger charge is -2.28. The summed E-state index contributed by atoms with van der Waals surface area (Å²) < 4.78 is 7.06. The fraction of sp³-hybridized carbons (Fsp3) is 0.818. The Morgan fingerprint density at radius 1 is 1.50 bits per heavy atom. The third-order valence-electron chi connectivity index (χ3n) is 2.84. The summed E-state index contributed by atoms with van der Waals surface area (Å²) >= 11 is 0. The van der Waals surface area contributed by atoms with Gasteiger partial charge in [-0.25, -0.2) is 9.67 Å². The van der Waals surface area contributed by atoms with Crippen LogP contribution in [-0.2, 0) is 11.2 Å². The predicted molar refractivity (Wildman–Crippen MR) is 61.2 cm³/mol.